The summed E-state index contributed by atoms with van der Waals surface area (Å²) in [5.41, 5.74) is 0. The Kier molecular flexibility index (Phi) is 31.9. The van der Waals surface area contributed by atoms with E-state index in [4.69, 9.17) is 9.05 Å². The van der Waals surface area contributed by atoms with Crippen molar-refractivity contribution in [3.05, 3.63) is 12.2 Å². The zero-order chi connectivity index (χ0) is 47.8. The number of thioether (sulfide) groups is 1. The Bertz CT molecular complexity index is 1340. The van der Waals surface area contributed by atoms with Gasteiger partial charge in [0.1, 0.15) is 0 Å². The molecule has 0 aromatic rings. The van der Waals surface area contributed by atoms with Gasteiger partial charge < -0.3 is 20.9 Å². The molecule has 0 radical (unpaired) electrons. The van der Waals surface area contributed by atoms with E-state index < -0.39 is 20.3 Å². The summed E-state index contributed by atoms with van der Waals surface area (Å²) in [5, 5.41) is 23.2. The first-order valence-corrected chi connectivity index (χ1v) is 28.2. The molecule has 2 heterocycles. The molecule has 380 valence electrons. The van der Waals surface area contributed by atoms with Gasteiger partial charge in [0.2, 0.25) is 11.8 Å². The van der Waals surface area contributed by atoms with E-state index in [0.29, 0.717) is 35.7 Å². The first-order chi connectivity index (χ1) is 31.1. The van der Waals surface area contributed by atoms with E-state index in [0.717, 1.165) is 102 Å². The van der Waals surface area contributed by atoms with Crippen molar-refractivity contribution in [1.82, 2.24) is 26.2 Å². The van der Waals surface area contributed by atoms with Crippen LogP contribution in [-0.4, -0.2) is 144 Å². The van der Waals surface area contributed by atoms with Gasteiger partial charge in [-0.1, -0.05) is 64.7 Å². The number of amides is 5. The summed E-state index contributed by atoms with van der Waals surface area (Å²) in [6, 6.07) is -0.533. The van der Waals surface area contributed by atoms with Crippen LogP contribution in [0.2, 0.25) is 0 Å². The van der Waals surface area contributed by atoms with Crippen molar-refractivity contribution in [2.24, 2.45) is 0 Å². The first kappa shape index (κ1) is 59.1. The number of aliphatic hydroxyl groups excluding tert-OH is 1. The van der Waals surface area contributed by atoms with Crippen LogP contribution < -0.4 is 21.3 Å². The Labute approximate surface area is 398 Å². The normalized spacial score (nSPS) is 18.6. The molecule has 15 nitrogen and oxygen atoms in total. The van der Waals surface area contributed by atoms with Crippen molar-refractivity contribution < 1.29 is 47.6 Å². The molecule has 2 saturated heterocycles. The van der Waals surface area contributed by atoms with Crippen molar-refractivity contribution >= 4 is 43.7 Å². The molecule has 0 saturated carbocycles. The fraction of sp³-hybridized carbons (Fsp3) is 0.875. The van der Waals surface area contributed by atoms with Gasteiger partial charge in [0, 0.05) is 31.0 Å². The summed E-state index contributed by atoms with van der Waals surface area (Å²) in [7, 11) is 3.15. The van der Waals surface area contributed by atoms with Crippen molar-refractivity contribution in [1.29, 1.82) is 0 Å². The van der Waals surface area contributed by atoms with Crippen molar-refractivity contribution in [3.63, 3.8) is 0 Å². The number of aliphatic hydroxyl groups is 1. The fourth-order valence-corrected chi connectivity index (χ4v) is 10.6. The number of nitrogens with zero attached hydrogens (tertiary/aromatic N) is 2. The molecule has 17 heteroatoms. The standard InChI is InChI=1S/C48H93N6O9PS/c1-6-7-8-9-10-11-12-13-14-16-19-22-25-30-42(55)40(38-63-64(60,61)62-36-35-54(3,4)5)50-44(56)32-26-23-20-17-15-18-21-24-29-34-49-45(57)37-53(2)46(58)33-28-27-31-43-47-41(39-65-43)51-48(59)52-47/h25,30,40-43,47,55,60-61,64H,6-24,26-29,31-39H2,1-5H3,(H3-,49,50,51,52,56,57,59)/p+1/b30-25+/t40?,41-,42-,43+,47-/m1/s1. The molecule has 0 aromatic carbocycles. The summed E-state index contributed by atoms with van der Waals surface area (Å²) >= 11 is 1.88. The number of rotatable bonds is 41. The molecule has 0 bridgehead atoms. The van der Waals surface area contributed by atoms with Crippen LogP contribution in [0.25, 0.3) is 0 Å². The summed E-state index contributed by atoms with van der Waals surface area (Å²) < 4.78 is 11.3. The molecule has 2 aliphatic heterocycles. The van der Waals surface area contributed by atoms with Gasteiger partial charge in [-0.25, -0.2) is 4.79 Å². The molecule has 7 N–H and O–H groups in total. The third kappa shape index (κ3) is 30.1. The van der Waals surface area contributed by atoms with Gasteiger partial charge in [0.25, 0.3) is 0 Å². The fourth-order valence-electron chi connectivity index (χ4n) is 8.18. The Morgan fingerprint density at radius 2 is 1.40 bits per heavy atom. The molecule has 2 fully saturated rings. The van der Waals surface area contributed by atoms with Gasteiger partial charge >= 0.3 is 207 Å². The van der Waals surface area contributed by atoms with Crippen molar-refractivity contribution in [3.8, 4) is 0 Å². The van der Waals surface area contributed by atoms with Gasteiger partial charge in [-0.2, -0.15) is 11.8 Å². The summed E-state index contributed by atoms with van der Waals surface area (Å²) in [6.07, 6.45) is 29.7. The van der Waals surface area contributed by atoms with Crippen LogP contribution in [0, 0.1) is 0 Å². The van der Waals surface area contributed by atoms with Gasteiger partial charge in [0.05, 0.1) is 18.6 Å². The average molecular weight is 962 g/mol. The smallest absolute Gasteiger partial charge is 0.355 e. The van der Waals surface area contributed by atoms with E-state index in [1.54, 1.807) is 13.1 Å². The number of fused-ring (bicyclic) bond motifs is 1. The zero-order valence-electron chi connectivity index (χ0n) is 41.3. The molecule has 0 spiro atoms. The van der Waals surface area contributed by atoms with E-state index in [-0.39, 0.29) is 55.6 Å². The number of nitrogens with one attached hydrogen (secondary N) is 4. The molecule has 2 aliphatic rings. The molecule has 0 aromatic heterocycles. The molecule has 5 amide bonds. The van der Waals surface area contributed by atoms with Crippen LogP contribution in [0.5, 0.6) is 0 Å². The molecule has 5 atom stereocenters. The number of hydrogen-bond acceptors (Lipinski definition) is 10. The average Bonchev–Trinajstić information content (AvgIpc) is 3.81. The maximum atomic E-state index is 13.0. The van der Waals surface area contributed by atoms with Gasteiger partial charge in [-0.15, -0.1) is 0 Å². The number of allylic oxidation sites excluding steroid dienone is 1. The summed E-state index contributed by atoms with van der Waals surface area (Å²) in [6.45, 7) is 3.30. The number of urea groups is 1. The summed E-state index contributed by atoms with van der Waals surface area (Å²) in [4.78, 5) is 71.8. The topological polar surface area (TPSA) is 199 Å². The number of hydrogen-bond donors (Lipinski definition) is 7. The van der Waals surface area contributed by atoms with Crippen LogP contribution in [0.4, 0.5) is 4.79 Å². The zero-order valence-corrected chi connectivity index (χ0v) is 43.1. The molecular formula is C48H94N6O9PS+. The predicted octanol–water partition coefficient (Wildman–Crippen LogP) is 7.42. The SMILES string of the molecule is CCCCCCCCCCCCC/C=C/[C@@H](O)C(CO[PH](O)(O)OCC[N+](C)(C)C)NC(=O)CCCCCCCCCCCNC(=O)CN(C)C(=O)CCCC[C@@H]1SC[C@H]2NC(=O)N[C@@H]12. The minimum atomic E-state index is -4.45. The number of quaternary nitrogens is 1. The maximum absolute atomic E-state index is 13.0. The van der Waals surface area contributed by atoms with E-state index in [2.05, 4.69) is 28.2 Å². The van der Waals surface area contributed by atoms with Gasteiger partial charge in [0.15, 0.2) is 0 Å². The first-order valence-electron chi connectivity index (χ1n) is 25.5. The number of carbonyl (C=O) groups is 4. The van der Waals surface area contributed by atoms with Crippen LogP contribution >= 0.6 is 19.9 Å². The Morgan fingerprint density at radius 1 is 0.815 bits per heavy atom. The van der Waals surface area contributed by atoms with Crippen LogP contribution in [0.1, 0.15) is 174 Å². The van der Waals surface area contributed by atoms with Crippen molar-refractivity contribution in [2.45, 2.75) is 203 Å². The van der Waals surface area contributed by atoms with E-state index in [1.165, 1.54) is 62.7 Å². The molecule has 2 rings (SSSR count). The molecular weight excluding hydrogens is 868 g/mol. The number of likely N-dealkylation sites (N-methyl/N-ethyl adjacent to an activating group) is 2. The molecule has 0 aliphatic carbocycles. The van der Waals surface area contributed by atoms with E-state index in [9.17, 15) is 34.1 Å². The summed E-state index contributed by atoms with van der Waals surface area (Å²) in [5.74, 6) is 0.564. The Balaban J connectivity index is 1.54. The van der Waals surface area contributed by atoms with Crippen LogP contribution in [0.3, 0.4) is 0 Å². The van der Waals surface area contributed by atoms with Crippen molar-refractivity contribution in [2.75, 3.05) is 66.8 Å². The second-order valence-corrected chi connectivity index (χ2v) is 22.5. The second-order valence-electron chi connectivity index (χ2n) is 19.5. The van der Waals surface area contributed by atoms with Crippen LogP contribution in [0.15, 0.2) is 12.2 Å². The molecule has 1 unspecified atom stereocenters. The monoisotopic (exact) mass is 962 g/mol. The van der Waals surface area contributed by atoms with E-state index in [1.807, 2.05) is 39.0 Å². The quantitative estimate of drug-likeness (QED) is 0.0106. The third-order valence-electron chi connectivity index (χ3n) is 12.3. The Hall–Kier alpha value is -2.04. The van der Waals surface area contributed by atoms with Crippen LogP contribution in [-0.2, 0) is 23.4 Å². The predicted molar refractivity (Wildman–Crippen MR) is 266 cm³/mol. The molecule has 65 heavy (non-hydrogen) atoms. The minimum absolute atomic E-state index is 0.0224. The number of carbonyl (C=O) groups excluding carboxylic acids is 4. The third-order valence-corrected chi connectivity index (χ3v) is 15.0. The van der Waals surface area contributed by atoms with Gasteiger partial charge in [-0.05, 0) is 19.3 Å². The Morgan fingerprint density at radius 3 is 2.03 bits per heavy atom. The van der Waals surface area contributed by atoms with Gasteiger partial charge in [-0.3, -0.25) is 9.59 Å². The minimum Gasteiger partial charge on any atom is -0.355 e. The second kappa shape index (κ2) is 35.1. The number of unbranched alkanes of at least 4 members (excludes halogenated alkanes) is 20. The van der Waals surface area contributed by atoms with E-state index >= 15 is 0 Å².